The maximum atomic E-state index is 12.8. The summed E-state index contributed by atoms with van der Waals surface area (Å²) in [5.74, 6) is 3.20. The number of aromatic nitrogens is 5. The molecule has 0 aromatic carbocycles. The van der Waals surface area contributed by atoms with Crippen LogP contribution in [-0.2, 0) is 6.54 Å². The minimum absolute atomic E-state index is 0.246. The summed E-state index contributed by atoms with van der Waals surface area (Å²) >= 11 is 0. The van der Waals surface area contributed by atoms with Gasteiger partial charge in [-0.25, -0.2) is 9.78 Å². The zero-order valence-corrected chi connectivity index (χ0v) is 17.2. The van der Waals surface area contributed by atoms with Crippen molar-refractivity contribution in [3.8, 4) is 0 Å². The summed E-state index contributed by atoms with van der Waals surface area (Å²) in [4.78, 5) is 24.1. The third kappa shape index (κ3) is 2.64. The first-order valence-electron chi connectivity index (χ1n) is 11.3. The van der Waals surface area contributed by atoms with Gasteiger partial charge in [0.1, 0.15) is 5.82 Å². The van der Waals surface area contributed by atoms with Crippen molar-refractivity contribution in [3.05, 3.63) is 29.6 Å². The van der Waals surface area contributed by atoms with E-state index in [-0.39, 0.29) is 6.03 Å². The van der Waals surface area contributed by atoms with Gasteiger partial charge in [0, 0.05) is 74.7 Å². The largest absolute Gasteiger partial charge is 0.323 e. The fraction of sp³-hybridized carbons (Fsp3) is 0.714. The van der Waals surface area contributed by atoms with Crippen LogP contribution in [-0.4, -0.2) is 85.4 Å². The van der Waals surface area contributed by atoms with Crippen molar-refractivity contribution >= 4 is 6.03 Å². The second-order valence-electron chi connectivity index (χ2n) is 10.7. The Hall–Kier alpha value is -2.42. The van der Waals surface area contributed by atoms with Crippen LogP contribution in [0.4, 0.5) is 4.79 Å². The van der Waals surface area contributed by atoms with E-state index in [1.54, 1.807) is 0 Å². The minimum Gasteiger partial charge on any atom is -0.323 e. The molecule has 5 fully saturated rings. The van der Waals surface area contributed by atoms with Gasteiger partial charge in [-0.05, 0) is 31.7 Å². The molecule has 2 aromatic heterocycles. The Morgan fingerprint density at radius 2 is 1.73 bits per heavy atom. The highest BCUT2D eigenvalue weighted by Crippen LogP contribution is 2.56. The van der Waals surface area contributed by atoms with Crippen molar-refractivity contribution in [1.29, 1.82) is 0 Å². The third-order valence-corrected chi connectivity index (χ3v) is 7.92. The summed E-state index contributed by atoms with van der Waals surface area (Å²) in [7, 11) is 0. The standard InChI is InChI=1S/C21H28N8O/c30-19(29-12-21(13-29)8-27(9-21)7-16-3-4-22-24-16)28-10-20(11-28)5-15(6-20)18-23-17(25-26-18)14-1-2-14/h3-4,14-15H,1-2,5-13H2,(H,22,24)(H,23,25,26). The van der Waals surface area contributed by atoms with Gasteiger partial charge in [-0.3, -0.25) is 15.1 Å². The highest BCUT2D eigenvalue weighted by molar-refractivity contribution is 5.77. The Labute approximate surface area is 175 Å². The van der Waals surface area contributed by atoms with Gasteiger partial charge in [0.25, 0.3) is 0 Å². The normalized spacial score (nSPS) is 26.9. The van der Waals surface area contributed by atoms with Gasteiger partial charge < -0.3 is 9.80 Å². The zero-order chi connectivity index (χ0) is 19.9. The number of aromatic amines is 2. The predicted molar refractivity (Wildman–Crippen MR) is 108 cm³/mol. The van der Waals surface area contributed by atoms with Gasteiger partial charge in [-0.2, -0.15) is 10.2 Å². The van der Waals surface area contributed by atoms with E-state index in [1.165, 1.54) is 12.8 Å². The summed E-state index contributed by atoms with van der Waals surface area (Å²) in [6.45, 7) is 6.72. The molecule has 0 unspecified atom stereocenters. The number of amides is 2. The van der Waals surface area contributed by atoms with Crippen LogP contribution in [0.3, 0.4) is 0 Å². The molecule has 7 rings (SSSR count). The monoisotopic (exact) mass is 408 g/mol. The van der Waals surface area contributed by atoms with Crippen LogP contribution >= 0.6 is 0 Å². The molecule has 2 amide bonds. The summed E-state index contributed by atoms with van der Waals surface area (Å²) < 4.78 is 0. The highest BCUT2D eigenvalue weighted by Gasteiger charge is 2.58. The lowest BCUT2D eigenvalue weighted by Gasteiger charge is -2.63. The molecule has 0 atom stereocenters. The van der Waals surface area contributed by atoms with Crippen LogP contribution in [0, 0.1) is 10.8 Å². The molecule has 9 nitrogen and oxygen atoms in total. The van der Waals surface area contributed by atoms with Gasteiger partial charge in [-0.15, -0.1) is 0 Å². The molecule has 0 radical (unpaired) electrons. The van der Waals surface area contributed by atoms with Crippen LogP contribution < -0.4 is 0 Å². The van der Waals surface area contributed by atoms with Crippen molar-refractivity contribution in [2.75, 3.05) is 39.3 Å². The maximum absolute atomic E-state index is 12.8. The zero-order valence-electron chi connectivity index (χ0n) is 17.2. The number of nitrogens with one attached hydrogen (secondary N) is 2. The fourth-order valence-electron chi connectivity index (χ4n) is 6.25. The third-order valence-electron chi connectivity index (χ3n) is 7.92. The molecule has 30 heavy (non-hydrogen) atoms. The number of hydrogen-bond donors (Lipinski definition) is 2. The predicted octanol–water partition coefficient (Wildman–Crippen LogP) is 1.52. The van der Waals surface area contributed by atoms with Crippen molar-refractivity contribution < 1.29 is 4.79 Å². The average molecular weight is 409 g/mol. The molecule has 5 heterocycles. The number of urea groups is 1. The molecule has 0 bridgehead atoms. The molecule has 5 aliphatic rings. The first-order chi connectivity index (χ1) is 14.6. The molecule has 158 valence electrons. The summed E-state index contributed by atoms with van der Waals surface area (Å²) in [5.41, 5.74) is 1.77. The minimum atomic E-state index is 0.246. The Balaban J connectivity index is 0.863. The van der Waals surface area contributed by atoms with E-state index in [9.17, 15) is 4.79 Å². The number of hydrogen-bond acceptors (Lipinski definition) is 5. The molecule has 2 N–H and O–H groups in total. The first kappa shape index (κ1) is 17.3. The van der Waals surface area contributed by atoms with Crippen molar-refractivity contribution in [1.82, 2.24) is 40.1 Å². The number of nitrogens with zero attached hydrogens (tertiary/aromatic N) is 6. The molecule has 2 aromatic rings. The Bertz CT molecular complexity index is 951. The molecular weight excluding hydrogens is 380 g/mol. The van der Waals surface area contributed by atoms with Crippen molar-refractivity contribution in [2.24, 2.45) is 10.8 Å². The Morgan fingerprint density at radius 3 is 2.40 bits per heavy atom. The van der Waals surface area contributed by atoms with Gasteiger partial charge in [0.15, 0.2) is 5.82 Å². The van der Waals surface area contributed by atoms with Crippen molar-refractivity contribution in [3.63, 3.8) is 0 Å². The second-order valence-corrected chi connectivity index (χ2v) is 10.7. The van der Waals surface area contributed by atoms with E-state index in [0.29, 0.717) is 22.7 Å². The lowest BCUT2D eigenvalue weighted by molar-refractivity contribution is -0.117. The van der Waals surface area contributed by atoms with E-state index in [1.807, 2.05) is 17.2 Å². The number of carbonyl (C=O) groups is 1. The lowest BCUT2D eigenvalue weighted by atomic mass is 9.57. The highest BCUT2D eigenvalue weighted by atomic mass is 16.2. The topological polar surface area (TPSA) is 97.0 Å². The molecule has 3 saturated heterocycles. The van der Waals surface area contributed by atoms with Gasteiger partial charge >= 0.3 is 6.03 Å². The number of likely N-dealkylation sites (tertiary alicyclic amines) is 3. The van der Waals surface area contributed by atoms with Crippen LogP contribution in [0.5, 0.6) is 0 Å². The van der Waals surface area contributed by atoms with Gasteiger partial charge in [-0.1, -0.05) is 0 Å². The second kappa shape index (κ2) is 5.84. The first-order valence-corrected chi connectivity index (χ1v) is 11.3. The van der Waals surface area contributed by atoms with Gasteiger partial charge in [0.2, 0.25) is 0 Å². The van der Waals surface area contributed by atoms with E-state index in [2.05, 4.69) is 30.2 Å². The van der Waals surface area contributed by atoms with E-state index in [4.69, 9.17) is 4.98 Å². The van der Waals surface area contributed by atoms with E-state index in [0.717, 1.165) is 76.0 Å². The molecule has 9 heteroatoms. The number of carbonyl (C=O) groups excluding carboxylic acids is 1. The summed E-state index contributed by atoms with van der Waals surface area (Å²) in [6, 6.07) is 2.27. The molecular formula is C21H28N8O. The smallest absolute Gasteiger partial charge is 0.320 e. The van der Waals surface area contributed by atoms with Crippen molar-refractivity contribution in [2.45, 2.75) is 44.1 Å². The number of rotatable bonds is 4. The van der Waals surface area contributed by atoms with E-state index >= 15 is 0 Å². The molecule has 2 spiro atoms. The fourth-order valence-corrected chi connectivity index (χ4v) is 6.25. The van der Waals surface area contributed by atoms with E-state index < -0.39 is 0 Å². The molecule has 2 aliphatic carbocycles. The summed E-state index contributed by atoms with van der Waals surface area (Å²) in [6.07, 6.45) is 6.63. The van der Waals surface area contributed by atoms with Crippen LogP contribution in [0.15, 0.2) is 12.3 Å². The van der Waals surface area contributed by atoms with Gasteiger partial charge in [0.05, 0.1) is 5.69 Å². The van der Waals surface area contributed by atoms with Crippen LogP contribution in [0.25, 0.3) is 0 Å². The van der Waals surface area contributed by atoms with Crippen LogP contribution in [0.2, 0.25) is 0 Å². The maximum Gasteiger partial charge on any atom is 0.320 e. The SMILES string of the molecule is O=C(N1CC2(CC(c3nc(C4CC4)n[nH]3)C2)C1)N1CC2(CN(Cc3cc[nH]n3)C2)C1. The lowest BCUT2D eigenvalue weighted by Crippen LogP contribution is -2.75. The molecule has 2 saturated carbocycles. The number of H-pyrrole nitrogens is 2. The Morgan fingerprint density at radius 1 is 1.00 bits per heavy atom. The quantitative estimate of drug-likeness (QED) is 0.800. The molecule has 3 aliphatic heterocycles. The van der Waals surface area contributed by atoms with Crippen LogP contribution in [0.1, 0.15) is 54.9 Å². The summed E-state index contributed by atoms with van der Waals surface area (Å²) in [5, 5.41) is 14.7. The average Bonchev–Trinajstić information content (AvgIpc) is 3.11. The Kier molecular flexibility index (Phi) is 3.36.